The molecule has 0 aliphatic carbocycles. The molecule has 8 nitrogen and oxygen atoms in total. The Morgan fingerprint density at radius 1 is 1.11 bits per heavy atom. The van der Waals surface area contributed by atoms with Gasteiger partial charge in [-0.05, 0) is 36.4 Å². The normalized spacial score (nSPS) is 9.57. The summed E-state index contributed by atoms with van der Waals surface area (Å²) in [5.41, 5.74) is 1.57. The quantitative estimate of drug-likeness (QED) is 0.610. The number of anilines is 2. The third-order valence-corrected chi connectivity index (χ3v) is 3.48. The highest BCUT2D eigenvalue weighted by atomic mass is 16.5. The van der Waals surface area contributed by atoms with Gasteiger partial charge in [0.2, 0.25) is 0 Å². The zero-order valence-electron chi connectivity index (χ0n) is 15.3. The molecule has 2 rings (SSSR count). The van der Waals surface area contributed by atoms with Crippen molar-refractivity contribution in [3.63, 3.8) is 0 Å². The summed E-state index contributed by atoms with van der Waals surface area (Å²) < 4.78 is 10.6. The fourth-order valence-corrected chi connectivity index (χ4v) is 2.17. The number of nitrogens with one attached hydrogen (secondary N) is 3. The molecule has 8 heteroatoms. The van der Waals surface area contributed by atoms with Crippen LogP contribution in [-0.2, 0) is 4.79 Å². The molecule has 0 aliphatic heterocycles. The van der Waals surface area contributed by atoms with Crippen molar-refractivity contribution in [2.24, 2.45) is 0 Å². The number of carbonyl (C=O) groups is 2. The van der Waals surface area contributed by atoms with E-state index in [1.807, 2.05) is 6.07 Å². The topological polar surface area (TPSA) is 112 Å². The molecule has 0 aliphatic rings. The minimum absolute atomic E-state index is 0.230. The fraction of sp³-hybridized carbons (Fsp3) is 0.150. The molecule has 2 aromatic carbocycles. The molecular formula is C20H20N4O4. The van der Waals surface area contributed by atoms with E-state index in [1.54, 1.807) is 42.5 Å². The Morgan fingerprint density at radius 2 is 1.79 bits per heavy atom. The summed E-state index contributed by atoms with van der Waals surface area (Å²) in [4.78, 5) is 23.6. The van der Waals surface area contributed by atoms with E-state index in [1.165, 1.54) is 13.2 Å². The maximum atomic E-state index is 12.1. The largest absolute Gasteiger partial charge is 0.493 e. The van der Waals surface area contributed by atoms with Gasteiger partial charge in [-0.25, -0.2) is 4.79 Å². The zero-order valence-corrected chi connectivity index (χ0v) is 15.3. The summed E-state index contributed by atoms with van der Waals surface area (Å²) in [5, 5.41) is 16.8. The van der Waals surface area contributed by atoms with Gasteiger partial charge < -0.3 is 25.4 Å². The molecule has 2 aromatic rings. The molecule has 0 spiro atoms. The maximum absolute atomic E-state index is 12.1. The van der Waals surface area contributed by atoms with E-state index in [2.05, 4.69) is 22.5 Å². The minimum Gasteiger partial charge on any atom is -0.493 e. The van der Waals surface area contributed by atoms with Crippen LogP contribution in [0, 0.1) is 11.3 Å². The van der Waals surface area contributed by atoms with Crippen molar-refractivity contribution in [1.82, 2.24) is 5.32 Å². The standard InChI is InChI=1S/C20H20N4O4/c1-3-10-22-20(26)24-16-7-5-15(6-8-16)23-19(25)13-28-17-9-4-14(12-21)11-18(17)27-2/h3-9,11H,1,10,13H2,2H3,(H,23,25)(H2,22,24,26). The first kappa shape index (κ1) is 20.3. The summed E-state index contributed by atoms with van der Waals surface area (Å²) in [6.45, 7) is 3.65. The highest BCUT2D eigenvalue weighted by Crippen LogP contribution is 2.27. The van der Waals surface area contributed by atoms with Crippen molar-refractivity contribution in [3.05, 3.63) is 60.7 Å². The van der Waals surface area contributed by atoms with Gasteiger partial charge in [0.05, 0.1) is 18.7 Å². The number of hydrogen-bond donors (Lipinski definition) is 3. The monoisotopic (exact) mass is 380 g/mol. The van der Waals surface area contributed by atoms with Crippen LogP contribution in [0.3, 0.4) is 0 Å². The van der Waals surface area contributed by atoms with E-state index in [9.17, 15) is 9.59 Å². The molecule has 0 saturated carbocycles. The second-order valence-corrected chi connectivity index (χ2v) is 5.52. The molecule has 28 heavy (non-hydrogen) atoms. The number of urea groups is 1. The molecule has 144 valence electrons. The molecule has 0 radical (unpaired) electrons. The lowest BCUT2D eigenvalue weighted by atomic mass is 10.2. The maximum Gasteiger partial charge on any atom is 0.319 e. The third-order valence-electron chi connectivity index (χ3n) is 3.48. The highest BCUT2D eigenvalue weighted by Gasteiger charge is 2.09. The second-order valence-electron chi connectivity index (χ2n) is 5.52. The summed E-state index contributed by atoms with van der Waals surface area (Å²) in [6, 6.07) is 13.0. The average molecular weight is 380 g/mol. The van der Waals surface area contributed by atoms with Gasteiger partial charge in [0.1, 0.15) is 0 Å². The number of carbonyl (C=O) groups excluding carboxylic acids is 2. The molecule has 0 saturated heterocycles. The molecule has 3 N–H and O–H groups in total. The van der Waals surface area contributed by atoms with Crippen LogP contribution in [0.5, 0.6) is 11.5 Å². The Hall–Kier alpha value is -3.99. The summed E-state index contributed by atoms with van der Waals surface area (Å²) in [5.74, 6) is 0.370. The van der Waals surface area contributed by atoms with Gasteiger partial charge in [-0.2, -0.15) is 5.26 Å². The number of hydrogen-bond acceptors (Lipinski definition) is 5. The van der Waals surface area contributed by atoms with Gasteiger partial charge in [0, 0.05) is 24.0 Å². The van der Waals surface area contributed by atoms with E-state index in [0.29, 0.717) is 35.0 Å². The van der Waals surface area contributed by atoms with Gasteiger partial charge in [-0.3, -0.25) is 4.79 Å². The molecule has 0 atom stereocenters. The average Bonchev–Trinajstić information content (AvgIpc) is 2.72. The highest BCUT2D eigenvalue weighted by molar-refractivity contribution is 5.93. The number of rotatable bonds is 8. The van der Waals surface area contributed by atoms with Crippen LogP contribution < -0.4 is 25.4 Å². The molecule has 0 bridgehead atoms. The minimum atomic E-state index is -0.365. The van der Waals surface area contributed by atoms with E-state index in [0.717, 1.165) is 0 Å². The molecule has 0 fully saturated rings. The zero-order chi connectivity index (χ0) is 20.4. The number of amides is 3. The first-order valence-electron chi connectivity index (χ1n) is 8.32. The number of benzene rings is 2. The van der Waals surface area contributed by atoms with Crippen LogP contribution in [0.1, 0.15) is 5.56 Å². The van der Waals surface area contributed by atoms with Crippen molar-refractivity contribution in [2.45, 2.75) is 0 Å². The molecule has 0 heterocycles. The van der Waals surface area contributed by atoms with Crippen molar-refractivity contribution in [2.75, 3.05) is 30.9 Å². The van der Waals surface area contributed by atoms with E-state index in [-0.39, 0.29) is 18.5 Å². The van der Waals surface area contributed by atoms with Crippen molar-refractivity contribution < 1.29 is 19.1 Å². The SMILES string of the molecule is C=CCNC(=O)Nc1ccc(NC(=O)COc2ccc(C#N)cc2OC)cc1. The fourth-order valence-electron chi connectivity index (χ4n) is 2.17. The smallest absolute Gasteiger partial charge is 0.319 e. The Bertz CT molecular complexity index is 888. The first-order valence-corrected chi connectivity index (χ1v) is 8.32. The van der Waals surface area contributed by atoms with Crippen LogP contribution in [0.2, 0.25) is 0 Å². The van der Waals surface area contributed by atoms with E-state index >= 15 is 0 Å². The predicted molar refractivity (Wildman–Crippen MR) is 105 cm³/mol. The number of nitrogens with zero attached hydrogens (tertiary/aromatic N) is 1. The van der Waals surface area contributed by atoms with Crippen molar-refractivity contribution in [1.29, 1.82) is 5.26 Å². The van der Waals surface area contributed by atoms with Crippen LogP contribution >= 0.6 is 0 Å². The molecule has 3 amide bonds. The van der Waals surface area contributed by atoms with Gasteiger partial charge in [0.15, 0.2) is 18.1 Å². The van der Waals surface area contributed by atoms with Gasteiger partial charge in [0.25, 0.3) is 5.91 Å². The van der Waals surface area contributed by atoms with Crippen LogP contribution in [-0.4, -0.2) is 32.2 Å². The third kappa shape index (κ3) is 6.07. The van der Waals surface area contributed by atoms with Crippen LogP contribution in [0.25, 0.3) is 0 Å². The first-order chi connectivity index (χ1) is 13.5. The van der Waals surface area contributed by atoms with Crippen molar-refractivity contribution >= 4 is 23.3 Å². The Kier molecular flexibility index (Phi) is 7.43. The number of nitriles is 1. The number of ether oxygens (including phenoxy) is 2. The van der Waals surface area contributed by atoms with Gasteiger partial charge in [-0.1, -0.05) is 6.08 Å². The molecular weight excluding hydrogens is 360 g/mol. The Morgan fingerprint density at radius 3 is 2.39 bits per heavy atom. The van der Waals surface area contributed by atoms with Gasteiger partial charge >= 0.3 is 6.03 Å². The van der Waals surface area contributed by atoms with Crippen LogP contribution in [0.15, 0.2) is 55.1 Å². The van der Waals surface area contributed by atoms with E-state index < -0.39 is 0 Å². The Balaban J connectivity index is 1.87. The Labute approximate surface area is 162 Å². The van der Waals surface area contributed by atoms with Gasteiger partial charge in [-0.15, -0.1) is 6.58 Å². The van der Waals surface area contributed by atoms with Crippen LogP contribution in [0.4, 0.5) is 16.2 Å². The molecule has 0 unspecified atom stereocenters. The second kappa shape index (κ2) is 10.2. The van der Waals surface area contributed by atoms with E-state index in [4.69, 9.17) is 14.7 Å². The molecule has 0 aromatic heterocycles. The summed E-state index contributed by atoms with van der Waals surface area (Å²) >= 11 is 0. The predicted octanol–water partition coefficient (Wildman–Crippen LogP) is 2.89. The summed E-state index contributed by atoms with van der Waals surface area (Å²) in [6.07, 6.45) is 1.58. The lowest BCUT2D eigenvalue weighted by Gasteiger charge is -2.11. The lowest BCUT2D eigenvalue weighted by Crippen LogP contribution is -2.28. The van der Waals surface area contributed by atoms with Crippen molar-refractivity contribution in [3.8, 4) is 17.6 Å². The number of methoxy groups -OCH3 is 1. The summed E-state index contributed by atoms with van der Waals surface area (Å²) in [7, 11) is 1.46. The lowest BCUT2D eigenvalue weighted by molar-refractivity contribution is -0.118.